The van der Waals surface area contributed by atoms with Crippen LogP contribution in [0, 0.1) is 0 Å². The smallest absolute Gasteiger partial charge is 0.226 e. The first kappa shape index (κ1) is 15.1. The second-order valence-corrected chi connectivity index (χ2v) is 4.40. The molecule has 0 spiro atoms. The van der Waals surface area contributed by atoms with Crippen molar-refractivity contribution in [2.45, 2.75) is 59.1 Å². The summed E-state index contributed by atoms with van der Waals surface area (Å²) in [6.07, 6.45) is 2.63. The van der Waals surface area contributed by atoms with Crippen molar-refractivity contribution in [3.8, 4) is 0 Å². The quantitative estimate of drug-likeness (QED) is 0.734. The highest BCUT2D eigenvalue weighted by Crippen LogP contribution is 2.18. The van der Waals surface area contributed by atoms with Gasteiger partial charge in [-0.3, -0.25) is 0 Å². The summed E-state index contributed by atoms with van der Waals surface area (Å²) in [4.78, 5) is 4.40. The normalized spacial score (nSPS) is 14.7. The van der Waals surface area contributed by atoms with Crippen LogP contribution in [0.4, 0.5) is 0 Å². The van der Waals surface area contributed by atoms with Crippen LogP contribution >= 0.6 is 0 Å². The lowest BCUT2D eigenvalue weighted by atomic mass is 10.2. The van der Waals surface area contributed by atoms with Crippen LogP contribution in [0.5, 0.6) is 0 Å². The molecule has 1 aromatic rings. The Labute approximate surface area is 109 Å². The van der Waals surface area contributed by atoms with Gasteiger partial charge in [0.05, 0.1) is 0 Å². The Balaban J connectivity index is 2.47. The molecule has 0 radical (unpaired) electrons. The summed E-state index contributed by atoms with van der Waals surface area (Å²) >= 11 is 0. The van der Waals surface area contributed by atoms with Crippen molar-refractivity contribution in [3.05, 3.63) is 11.7 Å². The monoisotopic (exact) mass is 255 g/mol. The fraction of sp³-hybridized carbons (Fsp3) is 0.846. The van der Waals surface area contributed by atoms with Crippen molar-refractivity contribution in [2.24, 2.45) is 0 Å². The Bertz CT molecular complexity index is 328. The Morgan fingerprint density at radius 3 is 2.72 bits per heavy atom. The van der Waals surface area contributed by atoms with Crippen molar-refractivity contribution < 1.29 is 9.26 Å². The average molecular weight is 255 g/mol. The fourth-order valence-corrected chi connectivity index (χ4v) is 1.87. The van der Waals surface area contributed by atoms with E-state index in [9.17, 15) is 0 Å². The molecule has 1 rings (SSSR count). The molecule has 0 aliphatic heterocycles. The average Bonchev–Trinajstić information content (AvgIpc) is 2.82. The van der Waals surface area contributed by atoms with Crippen LogP contribution in [0.15, 0.2) is 4.52 Å². The number of nitrogens with zero attached hydrogens (tertiary/aromatic N) is 2. The van der Waals surface area contributed by atoms with E-state index < -0.39 is 0 Å². The Hall–Kier alpha value is -0.940. The molecule has 5 heteroatoms. The molecule has 0 saturated carbocycles. The van der Waals surface area contributed by atoms with Crippen molar-refractivity contribution in [2.75, 3.05) is 13.2 Å². The van der Waals surface area contributed by atoms with Crippen LogP contribution in [-0.4, -0.2) is 29.3 Å². The zero-order valence-electron chi connectivity index (χ0n) is 11.9. The van der Waals surface area contributed by atoms with E-state index in [4.69, 9.17) is 9.26 Å². The van der Waals surface area contributed by atoms with Crippen LogP contribution in [0.1, 0.15) is 58.4 Å². The lowest BCUT2D eigenvalue weighted by Gasteiger charge is -2.10. The Kier molecular flexibility index (Phi) is 6.90. The predicted molar refractivity (Wildman–Crippen MR) is 70.4 cm³/mol. The van der Waals surface area contributed by atoms with Crippen LogP contribution in [0.25, 0.3) is 0 Å². The summed E-state index contributed by atoms with van der Waals surface area (Å²) in [5, 5.41) is 7.36. The molecule has 1 N–H and O–H groups in total. The van der Waals surface area contributed by atoms with E-state index in [-0.39, 0.29) is 6.10 Å². The highest BCUT2D eigenvalue weighted by atomic mass is 16.5. The van der Waals surface area contributed by atoms with Gasteiger partial charge in [-0.2, -0.15) is 4.98 Å². The van der Waals surface area contributed by atoms with E-state index in [1.807, 2.05) is 6.92 Å². The van der Waals surface area contributed by atoms with Crippen LogP contribution < -0.4 is 5.32 Å². The van der Waals surface area contributed by atoms with Gasteiger partial charge in [0.1, 0.15) is 6.10 Å². The summed E-state index contributed by atoms with van der Waals surface area (Å²) < 4.78 is 10.8. The molecule has 0 saturated heterocycles. The third-order valence-corrected chi connectivity index (χ3v) is 2.85. The molecule has 0 aromatic carbocycles. The van der Waals surface area contributed by atoms with Gasteiger partial charge in [0.2, 0.25) is 11.7 Å². The Morgan fingerprint density at radius 2 is 2.11 bits per heavy atom. The second-order valence-electron chi connectivity index (χ2n) is 4.40. The topological polar surface area (TPSA) is 60.2 Å². The lowest BCUT2D eigenvalue weighted by molar-refractivity contribution is 0.0518. The number of ether oxygens (including phenoxy) is 1. The third-order valence-electron chi connectivity index (χ3n) is 2.85. The molecule has 0 aliphatic carbocycles. The Morgan fingerprint density at radius 1 is 1.33 bits per heavy atom. The standard InChI is InChI=1S/C13H25N3O2/c1-5-11(17-7-3)13-15-12(18-16-13)9-8-10(4)14-6-2/h10-11,14H,5-9H2,1-4H3. The molecular weight excluding hydrogens is 230 g/mol. The number of aryl methyl sites for hydroxylation is 1. The minimum Gasteiger partial charge on any atom is -0.370 e. The molecule has 2 atom stereocenters. The number of nitrogens with one attached hydrogen (secondary N) is 1. The fourth-order valence-electron chi connectivity index (χ4n) is 1.87. The van der Waals surface area contributed by atoms with Crippen molar-refractivity contribution in [1.29, 1.82) is 0 Å². The van der Waals surface area contributed by atoms with E-state index in [1.54, 1.807) is 0 Å². The van der Waals surface area contributed by atoms with Gasteiger partial charge < -0.3 is 14.6 Å². The molecular formula is C13H25N3O2. The summed E-state index contributed by atoms with van der Waals surface area (Å²) in [5.41, 5.74) is 0. The van der Waals surface area contributed by atoms with Gasteiger partial charge in [0.15, 0.2) is 0 Å². The van der Waals surface area contributed by atoms with E-state index in [0.717, 1.165) is 25.8 Å². The molecule has 1 aromatic heterocycles. The molecule has 0 amide bonds. The third kappa shape index (κ3) is 4.74. The molecule has 0 bridgehead atoms. The molecule has 104 valence electrons. The zero-order chi connectivity index (χ0) is 13.4. The van der Waals surface area contributed by atoms with Crippen molar-refractivity contribution in [3.63, 3.8) is 0 Å². The summed E-state index contributed by atoms with van der Waals surface area (Å²) in [5.74, 6) is 1.37. The van der Waals surface area contributed by atoms with Gasteiger partial charge in [-0.1, -0.05) is 19.0 Å². The first-order valence-corrected chi connectivity index (χ1v) is 6.88. The van der Waals surface area contributed by atoms with Crippen LogP contribution in [0.3, 0.4) is 0 Å². The number of aromatic nitrogens is 2. The SMILES string of the molecule is CCNC(C)CCc1nc(C(CC)OCC)no1. The maximum atomic E-state index is 5.56. The first-order chi connectivity index (χ1) is 8.71. The first-order valence-electron chi connectivity index (χ1n) is 6.88. The molecule has 1 heterocycles. The predicted octanol–water partition coefficient (Wildman–Crippen LogP) is 2.49. The summed E-state index contributed by atoms with van der Waals surface area (Å²) in [7, 11) is 0. The number of hydrogen-bond donors (Lipinski definition) is 1. The highest BCUT2D eigenvalue weighted by molar-refractivity contribution is 4.91. The molecule has 2 unspecified atom stereocenters. The van der Waals surface area contributed by atoms with Crippen molar-refractivity contribution >= 4 is 0 Å². The van der Waals surface area contributed by atoms with Gasteiger partial charge >= 0.3 is 0 Å². The van der Waals surface area contributed by atoms with Gasteiger partial charge in [0.25, 0.3) is 0 Å². The lowest BCUT2D eigenvalue weighted by Crippen LogP contribution is -2.25. The second kappa shape index (κ2) is 8.21. The zero-order valence-corrected chi connectivity index (χ0v) is 11.9. The van der Waals surface area contributed by atoms with Gasteiger partial charge in [-0.15, -0.1) is 0 Å². The van der Waals surface area contributed by atoms with Gasteiger partial charge in [-0.05, 0) is 33.2 Å². The summed E-state index contributed by atoms with van der Waals surface area (Å²) in [6, 6.07) is 0.471. The van der Waals surface area contributed by atoms with Gasteiger partial charge in [0, 0.05) is 19.1 Å². The van der Waals surface area contributed by atoms with Gasteiger partial charge in [-0.25, -0.2) is 0 Å². The van der Waals surface area contributed by atoms with E-state index >= 15 is 0 Å². The van der Waals surface area contributed by atoms with E-state index in [1.165, 1.54) is 0 Å². The highest BCUT2D eigenvalue weighted by Gasteiger charge is 2.16. The molecule has 18 heavy (non-hydrogen) atoms. The van der Waals surface area contributed by atoms with Crippen LogP contribution in [0.2, 0.25) is 0 Å². The maximum absolute atomic E-state index is 5.56. The van der Waals surface area contributed by atoms with Crippen molar-refractivity contribution in [1.82, 2.24) is 15.5 Å². The van der Waals surface area contributed by atoms with Crippen LogP contribution in [-0.2, 0) is 11.2 Å². The number of hydrogen-bond acceptors (Lipinski definition) is 5. The maximum Gasteiger partial charge on any atom is 0.226 e. The minimum absolute atomic E-state index is 0.0429. The molecule has 0 aliphatic rings. The molecule has 5 nitrogen and oxygen atoms in total. The van der Waals surface area contributed by atoms with E-state index in [2.05, 4.69) is 36.2 Å². The van der Waals surface area contributed by atoms with E-state index in [0.29, 0.717) is 24.4 Å². The largest absolute Gasteiger partial charge is 0.370 e. The molecule has 0 fully saturated rings. The summed E-state index contributed by atoms with van der Waals surface area (Å²) in [6.45, 7) is 9.95. The minimum atomic E-state index is -0.0429. The number of rotatable bonds is 9.